The van der Waals surface area contributed by atoms with E-state index in [1.807, 2.05) is 6.92 Å². The number of methoxy groups -OCH3 is 2. The standard InChI is InChI=1S/C15H17N3O4/c1-4-22-14-8-13(16-9-17-14)15(19)18-10-5-11(20-2)7-12(6-10)21-3/h5-9H,4H2,1-3H3,(H,18,19). The highest BCUT2D eigenvalue weighted by Crippen LogP contribution is 2.26. The largest absolute Gasteiger partial charge is 0.497 e. The molecule has 7 heteroatoms. The van der Waals surface area contributed by atoms with Crippen LogP contribution in [0.5, 0.6) is 17.4 Å². The lowest BCUT2D eigenvalue weighted by Crippen LogP contribution is -2.14. The molecule has 0 radical (unpaired) electrons. The summed E-state index contributed by atoms with van der Waals surface area (Å²) in [6.07, 6.45) is 1.28. The van der Waals surface area contributed by atoms with Crippen molar-refractivity contribution in [3.63, 3.8) is 0 Å². The topological polar surface area (TPSA) is 82.6 Å². The van der Waals surface area contributed by atoms with Crippen molar-refractivity contribution in [2.75, 3.05) is 26.1 Å². The monoisotopic (exact) mass is 303 g/mol. The number of ether oxygens (including phenoxy) is 3. The molecule has 2 aromatic rings. The minimum atomic E-state index is -0.376. The van der Waals surface area contributed by atoms with Crippen LogP contribution in [-0.2, 0) is 0 Å². The number of hydrogen-bond donors (Lipinski definition) is 1. The molecule has 0 atom stereocenters. The van der Waals surface area contributed by atoms with Crippen LogP contribution in [0.1, 0.15) is 17.4 Å². The molecule has 0 bridgehead atoms. The molecule has 0 saturated heterocycles. The molecular formula is C15H17N3O4. The summed E-state index contributed by atoms with van der Waals surface area (Å²) in [6.45, 7) is 2.30. The van der Waals surface area contributed by atoms with Crippen molar-refractivity contribution < 1.29 is 19.0 Å². The number of rotatable bonds is 6. The van der Waals surface area contributed by atoms with Gasteiger partial charge in [0.15, 0.2) is 0 Å². The predicted octanol–water partition coefficient (Wildman–Crippen LogP) is 2.14. The van der Waals surface area contributed by atoms with Crippen LogP contribution < -0.4 is 19.5 Å². The molecule has 1 aromatic carbocycles. The quantitative estimate of drug-likeness (QED) is 0.880. The Balaban J connectivity index is 2.19. The number of aromatic nitrogens is 2. The molecule has 0 aliphatic carbocycles. The number of nitrogens with zero attached hydrogens (tertiary/aromatic N) is 2. The second-order valence-electron chi connectivity index (χ2n) is 4.23. The lowest BCUT2D eigenvalue weighted by Gasteiger charge is -2.10. The zero-order valence-corrected chi connectivity index (χ0v) is 12.6. The predicted molar refractivity (Wildman–Crippen MR) is 80.7 cm³/mol. The maximum atomic E-state index is 12.2. The van der Waals surface area contributed by atoms with E-state index in [1.165, 1.54) is 12.4 Å². The maximum Gasteiger partial charge on any atom is 0.274 e. The first-order valence-corrected chi connectivity index (χ1v) is 6.65. The van der Waals surface area contributed by atoms with Crippen LogP contribution in [0.3, 0.4) is 0 Å². The van der Waals surface area contributed by atoms with Gasteiger partial charge in [-0.15, -0.1) is 0 Å². The van der Waals surface area contributed by atoms with Gasteiger partial charge in [0.25, 0.3) is 5.91 Å². The molecule has 1 amide bonds. The van der Waals surface area contributed by atoms with Gasteiger partial charge in [0.1, 0.15) is 23.5 Å². The van der Waals surface area contributed by atoms with E-state index < -0.39 is 0 Å². The van der Waals surface area contributed by atoms with Crippen molar-refractivity contribution in [1.29, 1.82) is 0 Å². The van der Waals surface area contributed by atoms with E-state index in [0.29, 0.717) is 29.7 Å². The Kier molecular flexibility index (Phi) is 5.13. The fourth-order valence-electron chi connectivity index (χ4n) is 1.77. The van der Waals surface area contributed by atoms with Crippen LogP contribution in [0.2, 0.25) is 0 Å². The van der Waals surface area contributed by atoms with Crippen LogP contribution in [0.4, 0.5) is 5.69 Å². The zero-order valence-electron chi connectivity index (χ0n) is 12.6. The van der Waals surface area contributed by atoms with E-state index in [-0.39, 0.29) is 11.6 Å². The summed E-state index contributed by atoms with van der Waals surface area (Å²) in [5.41, 5.74) is 0.748. The van der Waals surface area contributed by atoms with Crippen molar-refractivity contribution in [3.05, 3.63) is 36.3 Å². The highest BCUT2D eigenvalue weighted by molar-refractivity contribution is 6.03. The summed E-state index contributed by atoms with van der Waals surface area (Å²) in [7, 11) is 3.08. The minimum Gasteiger partial charge on any atom is -0.497 e. The van der Waals surface area contributed by atoms with Crippen molar-refractivity contribution in [1.82, 2.24) is 9.97 Å². The third-order valence-electron chi connectivity index (χ3n) is 2.78. The second-order valence-corrected chi connectivity index (χ2v) is 4.23. The Morgan fingerprint density at radius 3 is 2.36 bits per heavy atom. The molecule has 2 rings (SSSR count). The van der Waals surface area contributed by atoms with Crippen molar-refractivity contribution in [2.24, 2.45) is 0 Å². The fraction of sp³-hybridized carbons (Fsp3) is 0.267. The first-order valence-electron chi connectivity index (χ1n) is 6.65. The molecule has 0 fully saturated rings. The van der Waals surface area contributed by atoms with Crippen LogP contribution in [0.15, 0.2) is 30.6 Å². The molecule has 7 nitrogen and oxygen atoms in total. The normalized spacial score (nSPS) is 9.95. The Labute approximate surface area is 128 Å². The van der Waals surface area contributed by atoms with Crippen LogP contribution in [0, 0.1) is 0 Å². The molecule has 0 aliphatic heterocycles. The van der Waals surface area contributed by atoms with Crippen LogP contribution >= 0.6 is 0 Å². The summed E-state index contributed by atoms with van der Waals surface area (Å²) in [6, 6.07) is 6.57. The minimum absolute atomic E-state index is 0.209. The van der Waals surface area contributed by atoms with Crippen molar-refractivity contribution in [3.8, 4) is 17.4 Å². The van der Waals surface area contributed by atoms with Crippen LogP contribution in [0.25, 0.3) is 0 Å². The Bertz CT molecular complexity index is 639. The van der Waals surface area contributed by atoms with E-state index in [1.54, 1.807) is 32.4 Å². The van der Waals surface area contributed by atoms with Gasteiger partial charge in [-0.05, 0) is 6.92 Å². The smallest absolute Gasteiger partial charge is 0.274 e. The molecule has 0 saturated carbocycles. The third kappa shape index (κ3) is 3.85. The number of amides is 1. The van der Waals surface area contributed by atoms with E-state index in [4.69, 9.17) is 14.2 Å². The van der Waals surface area contributed by atoms with E-state index in [0.717, 1.165) is 0 Å². The van der Waals surface area contributed by atoms with Gasteiger partial charge >= 0.3 is 0 Å². The number of carbonyl (C=O) groups is 1. The molecule has 116 valence electrons. The average Bonchev–Trinajstić information content (AvgIpc) is 2.55. The van der Waals surface area contributed by atoms with Gasteiger partial charge in [0.2, 0.25) is 5.88 Å². The molecule has 22 heavy (non-hydrogen) atoms. The number of carbonyl (C=O) groups excluding carboxylic acids is 1. The summed E-state index contributed by atoms with van der Waals surface area (Å²) < 4.78 is 15.6. The molecule has 1 N–H and O–H groups in total. The van der Waals surface area contributed by atoms with Gasteiger partial charge in [0.05, 0.1) is 20.8 Å². The van der Waals surface area contributed by atoms with Gasteiger partial charge in [-0.25, -0.2) is 9.97 Å². The first-order chi connectivity index (χ1) is 10.7. The van der Waals surface area contributed by atoms with Gasteiger partial charge < -0.3 is 19.5 Å². The van der Waals surface area contributed by atoms with E-state index >= 15 is 0 Å². The van der Waals surface area contributed by atoms with Gasteiger partial charge in [-0.1, -0.05) is 0 Å². The SMILES string of the molecule is CCOc1cc(C(=O)Nc2cc(OC)cc(OC)c2)ncn1. The first kappa shape index (κ1) is 15.6. The molecule has 1 heterocycles. The second kappa shape index (κ2) is 7.26. The molecular weight excluding hydrogens is 286 g/mol. The lowest BCUT2D eigenvalue weighted by atomic mass is 10.2. The fourth-order valence-corrected chi connectivity index (χ4v) is 1.77. The number of hydrogen-bond acceptors (Lipinski definition) is 6. The third-order valence-corrected chi connectivity index (χ3v) is 2.78. The zero-order chi connectivity index (χ0) is 15.9. The Morgan fingerprint density at radius 2 is 1.77 bits per heavy atom. The van der Waals surface area contributed by atoms with E-state index in [9.17, 15) is 4.79 Å². The summed E-state index contributed by atoms with van der Waals surface area (Å²) in [5, 5.41) is 2.73. The van der Waals surface area contributed by atoms with Crippen molar-refractivity contribution in [2.45, 2.75) is 6.92 Å². The van der Waals surface area contributed by atoms with Gasteiger partial charge in [0, 0.05) is 30.0 Å². The maximum absolute atomic E-state index is 12.2. The van der Waals surface area contributed by atoms with E-state index in [2.05, 4.69) is 15.3 Å². The number of nitrogens with one attached hydrogen (secondary N) is 1. The molecule has 0 aliphatic rings. The molecule has 1 aromatic heterocycles. The molecule has 0 unspecified atom stereocenters. The number of benzene rings is 1. The average molecular weight is 303 g/mol. The highest BCUT2D eigenvalue weighted by Gasteiger charge is 2.11. The Morgan fingerprint density at radius 1 is 1.09 bits per heavy atom. The number of anilines is 1. The summed E-state index contributed by atoms with van der Waals surface area (Å²) >= 11 is 0. The summed E-state index contributed by atoms with van der Waals surface area (Å²) in [5.74, 6) is 1.13. The summed E-state index contributed by atoms with van der Waals surface area (Å²) in [4.78, 5) is 20.1. The molecule has 0 spiro atoms. The van der Waals surface area contributed by atoms with Gasteiger partial charge in [-0.3, -0.25) is 4.79 Å². The van der Waals surface area contributed by atoms with Gasteiger partial charge in [-0.2, -0.15) is 0 Å². The lowest BCUT2D eigenvalue weighted by molar-refractivity contribution is 0.102. The Hall–Kier alpha value is -2.83. The van der Waals surface area contributed by atoms with Crippen LogP contribution in [-0.4, -0.2) is 36.7 Å². The highest BCUT2D eigenvalue weighted by atomic mass is 16.5. The van der Waals surface area contributed by atoms with Crippen molar-refractivity contribution >= 4 is 11.6 Å².